The first-order valence-corrected chi connectivity index (χ1v) is 9.95. The molecular weight excluding hydrogens is 407 g/mol. The van der Waals surface area contributed by atoms with Gasteiger partial charge in [-0.1, -0.05) is 0 Å². The normalized spacial score (nSPS) is 11.0. The number of nitrogens with one attached hydrogen (secondary N) is 2. The first-order valence-electron chi connectivity index (χ1n) is 9.95. The Morgan fingerprint density at radius 1 is 0.969 bits per heavy atom. The molecule has 3 aromatic heterocycles. The van der Waals surface area contributed by atoms with Crippen molar-refractivity contribution in [1.29, 1.82) is 0 Å². The predicted octanol–water partition coefficient (Wildman–Crippen LogP) is 4.61. The Balaban J connectivity index is 1.41. The number of H-pyrrole nitrogens is 1. The van der Waals surface area contributed by atoms with Gasteiger partial charge in [-0.05, 0) is 67.9 Å². The fourth-order valence-corrected chi connectivity index (χ4v) is 3.41. The highest BCUT2D eigenvalue weighted by atomic mass is 19.1. The second-order valence-electron chi connectivity index (χ2n) is 7.31. The number of rotatable bonds is 5. The van der Waals surface area contributed by atoms with Gasteiger partial charge < -0.3 is 5.32 Å². The van der Waals surface area contributed by atoms with E-state index < -0.39 is 0 Å². The third kappa shape index (κ3) is 3.95. The molecule has 5 aromatic rings. The maximum Gasteiger partial charge on any atom is 0.227 e. The fraction of sp³-hybridized carbons (Fsp3) is 0.0870. The minimum Gasteiger partial charge on any atom is -0.324 e. The third-order valence-electron chi connectivity index (χ3n) is 4.98. The molecule has 3 heterocycles. The number of aromatic nitrogens is 7. The molecular formula is C23H19FN8. The van der Waals surface area contributed by atoms with Gasteiger partial charge in [0.15, 0.2) is 0 Å². The number of halogens is 1. The van der Waals surface area contributed by atoms with E-state index in [9.17, 15) is 4.39 Å². The van der Waals surface area contributed by atoms with E-state index in [2.05, 4.69) is 35.6 Å². The molecule has 9 heteroatoms. The van der Waals surface area contributed by atoms with E-state index in [-0.39, 0.29) is 5.82 Å². The van der Waals surface area contributed by atoms with Crippen molar-refractivity contribution in [3.05, 3.63) is 84.6 Å². The summed E-state index contributed by atoms with van der Waals surface area (Å²) < 4.78 is 16.1. The van der Waals surface area contributed by atoms with Crippen molar-refractivity contribution >= 4 is 11.6 Å². The van der Waals surface area contributed by atoms with Crippen LogP contribution < -0.4 is 5.32 Å². The van der Waals surface area contributed by atoms with Crippen LogP contribution in [0.3, 0.4) is 0 Å². The van der Waals surface area contributed by atoms with E-state index in [1.54, 1.807) is 29.5 Å². The average Bonchev–Trinajstić information content (AvgIpc) is 3.42. The van der Waals surface area contributed by atoms with Crippen molar-refractivity contribution in [2.75, 3.05) is 5.32 Å². The summed E-state index contributed by atoms with van der Waals surface area (Å²) in [5, 5.41) is 14.4. The van der Waals surface area contributed by atoms with Crippen LogP contribution in [0.2, 0.25) is 0 Å². The number of aromatic amines is 1. The van der Waals surface area contributed by atoms with Gasteiger partial charge in [0, 0.05) is 28.7 Å². The maximum absolute atomic E-state index is 14.4. The summed E-state index contributed by atoms with van der Waals surface area (Å²) in [6.07, 6.45) is 5.00. The van der Waals surface area contributed by atoms with Gasteiger partial charge in [-0.15, -0.1) is 0 Å². The quantitative estimate of drug-likeness (QED) is 0.426. The van der Waals surface area contributed by atoms with Crippen LogP contribution in [-0.4, -0.2) is 34.9 Å². The molecule has 2 aromatic carbocycles. The van der Waals surface area contributed by atoms with Crippen LogP contribution in [0, 0.1) is 19.7 Å². The summed E-state index contributed by atoms with van der Waals surface area (Å²) >= 11 is 0. The van der Waals surface area contributed by atoms with Crippen molar-refractivity contribution in [3.8, 4) is 28.1 Å². The van der Waals surface area contributed by atoms with Crippen LogP contribution in [-0.2, 0) is 0 Å². The van der Waals surface area contributed by atoms with Crippen molar-refractivity contribution in [2.24, 2.45) is 0 Å². The van der Waals surface area contributed by atoms with Crippen LogP contribution in [0.1, 0.15) is 11.5 Å². The van der Waals surface area contributed by atoms with Crippen molar-refractivity contribution in [1.82, 2.24) is 34.9 Å². The third-order valence-corrected chi connectivity index (χ3v) is 4.98. The highest BCUT2D eigenvalue weighted by molar-refractivity contribution is 5.73. The molecule has 0 fully saturated rings. The van der Waals surface area contributed by atoms with E-state index in [0.29, 0.717) is 23.0 Å². The number of anilines is 2. The average molecular weight is 426 g/mol. The molecule has 0 aliphatic carbocycles. The molecule has 0 radical (unpaired) electrons. The molecule has 2 N–H and O–H groups in total. The molecule has 0 unspecified atom stereocenters. The Hall–Kier alpha value is -4.40. The van der Waals surface area contributed by atoms with Gasteiger partial charge in [0.1, 0.15) is 18.0 Å². The first kappa shape index (κ1) is 19.6. The zero-order valence-corrected chi connectivity index (χ0v) is 17.4. The summed E-state index contributed by atoms with van der Waals surface area (Å²) in [6.45, 7) is 3.74. The predicted molar refractivity (Wildman–Crippen MR) is 119 cm³/mol. The molecule has 158 valence electrons. The Morgan fingerprint density at radius 3 is 2.50 bits per heavy atom. The lowest BCUT2D eigenvalue weighted by molar-refractivity contribution is 0.629. The fourth-order valence-electron chi connectivity index (χ4n) is 3.41. The van der Waals surface area contributed by atoms with Crippen LogP contribution >= 0.6 is 0 Å². The Bertz CT molecular complexity index is 1390. The van der Waals surface area contributed by atoms with Crippen LogP contribution in [0.4, 0.5) is 16.0 Å². The van der Waals surface area contributed by atoms with Crippen LogP contribution in [0.5, 0.6) is 0 Å². The van der Waals surface area contributed by atoms with Crippen LogP contribution in [0.15, 0.2) is 67.3 Å². The Kier molecular flexibility index (Phi) is 4.91. The summed E-state index contributed by atoms with van der Waals surface area (Å²) in [4.78, 5) is 13.0. The summed E-state index contributed by atoms with van der Waals surface area (Å²) in [7, 11) is 0. The van der Waals surface area contributed by atoms with Crippen LogP contribution in [0.25, 0.3) is 28.1 Å². The zero-order valence-electron chi connectivity index (χ0n) is 17.4. The van der Waals surface area contributed by atoms with Gasteiger partial charge >= 0.3 is 0 Å². The van der Waals surface area contributed by atoms with E-state index in [4.69, 9.17) is 0 Å². The zero-order chi connectivity index (χ0) is 22.1. The van der Waals surface area contributed by atoms with Gasteiger partial charge in [-0.2, -0.15) is 10.2 Å². The molecule has 0 saturated carbocycles. The number of hydrogen-bond donors (Lipinski definition) is 2. The molecule has 8 nitrogen and oxygen atoms in total. The van der Waals surface area contributed by atoms with E-state index >= 15 is 0 Å². The lowest BCUT2D eigenvalue weighted by Crippen LogP contribution is -1.99. The number of aryl methyl sites for hydroxylation is 2. The molecule has 32 heavy (non-hydrogen) atoms. The van der Waals surface area contributed by atoms with Crippen molar-refractivity contribution in [2.45, 2.75) is 13.8 Å². The second-order valence-corrected chi connectivity index (χ2v) is 7.31. The molecule has 0 spiro atoms. The summed E-state index contributed by atoms with van der Waals surface area (Å²) in [5.41, 5.74) is 5.43. The van der Waals surface area contributed by atoms with Gasteiger partial charge in [-0.3, -0.25) is 5.10 Å². The van der Waals surface area contributed by atoms with Gasteiger partial charge in [0.25, 0.3) is 0 Å². The van der Waals surface area contributed by atoms with Gasteiger partial charge in [-0.25, -0.2) is 24.0 Å². The smallest absolute Gasteiger partial charge is 0.227 e. The molecule has 0 aliphatic heterocycles. The molecule has 5 rings (SSSR count). The first-order chi connectivity index (χ1) is 15.5. The molecule has 0 saturated heterocycles. The highest BCUT2D eigenvalue weighted by Crippen LogP contribution is 2.28. The van der Waals surface area contributed by atoms with Crippen molar-refractivity contribution in [3.63, 3.8) is 0 Å². The van der Waals surface area contributed by atoms with E-state index in [1.807, 2.05) is 44.2 Å². The minimum atomic E-state index is -0.342. The molecule has 0 aliphatic rings. The highest BCUT2D eigenvalue weighted by Gasteiger charge is 2.10. The van der Waals surface area contributed by atoms with Crippen molar-refractivity contribution < 1.29 is 4.39 Å². The molecule has 0 atom stereocenters. The number of nitrogens with zero attached hydrogens (tertiary/aromatic N) is 6. The number of hydrogen-bond acceptors (Lipinski definition) is 6. The monoisotopic (exact) mass is 426 g/mol. The largest absolute Gasteiger partial charge is 0.324 e. The molecule has 0 bridgehead atoms. The van der Waals surface area contributed by atoms with E-state index in [1.165, 1.54) is 12.1 Å². The minimum absolute atomic E-state index is 0.342. The van der Waals surface area contributed by atoms with E-state index in [0.717, 1.165) is 28.2 Å². The van der Waals surface area contributed by atoms with Gasteiger partial charge in [0.05, 0.1) is 17.6 Å². The summed E-state index contributed by atoms with van der Waals surface area (Å²) in [6, 6.07) is 14.2. The molecule has 0 amide bonds. The summed E-state index contributed by atoms with van der Waals surface area (Å²) in [5.74, 6) is 0.781. The Labute approximate surface area is 183 Å². The Morgan fingerprint density at radius 2 is 1.78 bits per heavy atom. The topological polar surface area (TPSA) is 97.2 Å². The SMILES string of the molecule is Cc1ncn(-c2ccc(Nc3nccc(-c4cc(F)cc(-c5cn[nH]c5C)c4)n3)cc2)n1. The lowest BCUT2D eigenvalue weighted by Gasteiger charge is -2.09. The maximum atomic E-state index is 14.4. The second kappa shape index (κ2) is 8.03. The lowest BCUT2D eigenvalue weighted by atomic mass is 10.0. The van der Waals surface area contributed by atoms with Gasteiger partial charge in [0.2, 0.25) is 5.95 Å². The number of benzene rings is 2. The standard InChI is InChI=1S/C23H19FN8/c1-14-21(12-27-30-14)16-9-17(11-18(24)10-16)22-7-8-25-23(29-22)28-19-3-5-20(6-4-19)32-13-26-15(2)31-32/h3-13H,1-2H3,(H,27,30)(H,25,28,29).